The number of amides is 1. The highest BCUT2D eigenvalue weighted by atomic mass is 16.1. The zero-order valence-corrected chi connectivity index (χ0v) is 13.4. The Bertz CT molecular complexity index is 816. The normalized spacial score (nSPS) is 10.2. The molecule has 1 amide bonds. The number of hydrogen-bond acceptors (Lipinski definition) is 4. The lowest BCUT2D eigenvalue weighted by Gasteiger charge is -2.09. The Morgan fingerprint density at radius 2 is 1.71 bits per heavy atom. The highest BCUT2D eigenvalue weighted by Crippen LogP contribution is 2.14. The number of anilines is 2. The maximum atomic E-state index is 12.3. The number of benzene rings is 1. The van der Waals surface area contributed by atoms with Crippen LogP contribution in [0.2, 0.25) is 0 Å². The van der Waals surface area contributed by atoms with Gasteiger partial charge in [-0.3, -0.25) is 14.8 Å². The van der Waals surface area contributed by atoms with Crippen LogP contribution in [-0.4, -0.2) is 15.9 Å². The second-order valence-electron chi connectivity index (χ2n) is 5.49. The smallest absolute Gasteiger partial charge is 0.257 e. The Labute approximate surface area is 140 Å². The molecule has 0 aliphatic rings. The molecule has 0 radical (unpaired) electrons. The molecule has 0 saturated carbocycles. The van der Waals surface area contributed by atoms with Crippen LogP contribution >= 0.6 is 0 Å². The molecule has 0 bridgehead atoms. The van der Waals surface area contributed by atoms with Crippen molar-refractivity contribution in [2.24, 2.45) is 0 Å². The summed E-state index contributed by atoms with van der Waals surface area (Å²) >= 11 is 0. The third-order valence-corrected chi connectivity index (χ3v) is 3.56. The average molecular weight is 318 g/mol. The van der Waals surface area contributed by atoms with Gasteiger partial charge in [0.15, 0.2) is 0 Å². The number of rotatable bonds is 5. The van der Waals surface area contributed by atoms with Crippen LogP contribution in [0.5, 0.6) is 0 Å². The van der Waals surface area contributed by atoms with Gasteiger partial charge in [0.2, 0.25) is 0 Å². The van der Waals surface area contributed by atoms with E-state index < -0.39 is 0 Å². The number of hydrogen-bond donors (Lipinski definition) is 2. The van der Waals surface area contributed by atoms with E-state index in [0.717, 1.165) is 22.5 Å². The molecule has 0 fully saturated rings. The Balaban J connectivity index is 1.65. The summed E-state index contributed by atoms with van der Waals surface area (Å²) in [6, 6.07) is 13.3. The maximum absolute atomic E-state index is 12.3. The summed E-state index contributed by atoms with van der Waals surface area (Å²) in [6.07, 6.45) is 6.76. The summed E-state index contributed by atoms with van der Waals surface area (Å²) in [7, 11) is 0. The maximum Gasteiger partial charge on any atom is 0.257 e. The summed E-state index contributed by atoms with van der Waals surface area (Å²) in [5.74, 6) is -0.182. The SMILES string of the molecule is Cc1ccc(NC(=O)c2cncc(NCc3ccncc3)c2)cc1. The van der Waals surface area contributed by atoms with Crippen LogP contribution in [0, 0.1) is 6.92 Å². The van der Waals surface area contributed by atoms with Gasteiger partial charge < -0.3 is 10.6 Å². The number of nitrogens with zero attached hydrogens (tertiary/aromatic N) is 2. The van der Waals surface area contributed by atoms with Gasteiger partial charge in [-0.1, -0.05) is 17.7 Å². The molecule has 2 aromatic heterocycles. The minimum Gasteiger partial charge on any atom is -0.380 e. The van der Waals surface area contributed by atoms with E-state index >= 15 is 0 Å². The van der Waals surface area contributed by atoms with Crippen molar-refractivity contribution in [2.45, 2.75) is 13.5 Å². The van der Waals surface area contributed by atoms with E-state index in [1.807, 2.05) is 43.3 Å². The molecule has 5 nitrogen and oxygen atoms in total. The average Bonchev–Trinajstić information content (AvgIpc) is 2.63. The Kier molecular flexibility index (Phi) is 4.81. The van der Waals surface area contributed by atoms with Gasteiger partial charge in [0.05, 0.1) is 11.3 Å². The van der Waals surface area contributed by atoms with Crippen LogP contribution in [0.3, 0.4) is 0 Å². The fraction of sp³-hybridized carbons (Fsp3) is 0.105. The topological polar surface area (TPSA) is 66.9 Å². The molecule has 24 heavy (non-hydrogen) atoms. The van der Waals surface area contributed by atoms with E-state index in [-0.39, 0.29) is 5.91 Å². The van der Waals surface area contributed by atoms with Crippen molar-refractivity contribution in [2.75, 3.05) is 10.6 Å². The molecule has 0 unspecified atom stereocenters. The van der Waals surface area contributed by atoms with Crippen LogP contribution in [0.4, 0.5) is 11.4 Å². The fourth-order valence-electron chi connectivity index (χ4n) is 2.21. The molecule has 0 aliphatic carbocycles. The molecule has 3 aromatic rings. The molecule has 0 saturated heterocycles. The molecule has 5 heteroatoms. The molecule has 0 aliphatic heterocycles. The van der Waals surface area contributed by atoms with Gasteiger partial charge in [-0.2, -0.15) is 0 Å². The van der Waals surface area contributed by atoms with Gasteiger partial charge in [-0.15, -0.1) is 0 Å². The van der Waals surface area contributed by atoms with Crippen molar-refractivity contribution in [1.29, 1.82) is 0 Å². The Morgan fingerprint density at radius 3 is 2.46 bits per heavy atom. The highest BCUT2D eigenvalue weighted by Gasteiger charge is 2.07. The quantitative estimate of drug-likeness (QED) is 0.753. The van der Waals surface area contributed by atoms with Crippen molar-refractivity contribution < 1.29 is 4.79 Å². The molecule has 2 N–H and O–H groups in total. The third-order valence-electron chi connectivity index (χ3n) is 3.56. The van der Waals surface area contributed by atoms with E-state index in [0.29, 0.717) is 12.1 Å². The summed E-state index contributed by atoms with van der Waals surface area (Å²) in [5.41, 5.74) is 4.33. The van der Waals surface area contributed by atoms with Crippen molar-refractivity contribution in [3.63, 3.8) is 0 Å². The van der Waals surface area contributed by atoms with E-state index in [1.54, 1.807) is 30.9 Å². The van der Waals surface area contributed by atoms with Crippen LogP contribution < -0.4 is 10.6 Å². The lowest BCUT2D eigenvalue weighted by molar-refractivity contribution is 0.102. The van der Waals surface area contributed by atoms with E-state index in [4.69, 9.17) is 0 Å². The van der Waals surface area contributed by atoms with Gasteiger partial charge in [0.1, 0.15) is 0 Å². The van der Waals surface area contributed by atoms with Gasteiger partial charge in [0, 0.05) is 37.0 Å². The number of carbonyl (C=O) groups excluding carboxylic acids is 1. The molecule has 120 valence electrons. The first-order valence-corrected chi connectivity index (χ1v) is 7.66. The highest BCUT2D eigenvalue weighted by molar-refractivity contribution is 6.04. The minimum absolute atomic E-state index is 0.182. The van der Waals surface area contributed by atoms with Crippen LogP contribution in [0.25, 0.3) is 0 Å². The number of carbonyl (C=O) groups is 1. The molecule has 0 atom stereocenters. The van der Waals surface area contributed by atoms with Crippen LogP contribution in [-0.2, 0) is 6.54 Å². The summed E-state index contributed by atoms with van der Waals surface area (Å²) < 4.78 is 0. The van der Waals surface area contributed by atoms with Gasteiger partial charge >= 0.3 is 0 Å². The van der Waals surface area contributed by atoms with Gasteiger partial charge in [0.25, 0.3) is 5.91 Å². The first-order valence-electron chi connectivity index (χ1n) is 7.66. The number of pyridine rings is 2. The van der Waals surface area contributed by atoms with Crippen molar-refractivity contribution >= 4 is 17.3 Å². The van der Waals surface area contributed by atoms with E-state index in [2.05, 4.69) is 20.6 Å². The van der Waals surface area contributed by atoms with E-state index in [9.17, 15) is 4.79 Å². The lowest BCUT2D eigenvalue weighted by atomic mass is 10.2. The first kappa shape index (κ1) is 15.7. The van der Waals surface area contributed by atoms with Crippen molar-refractivity contribution in [3.8, 4) is 0 Å². The van der Waals surface area contributed by atoms with E-state index in [1.165, 1.54) is 0 Å². The van der Waals surface area contributed by atoms with Gasteiger partial charge in [-0.05, 0) is 42.8 Å². The zero-order chi connectivity index (χ0) is 16.8. The van der Waals surface area contributed by atoms with Crippen LogP contribution in [0.15, 0.2) is 67.3 Å². The lowest BCUT2D eigenvalue weighted by Crippen LogP contribution is -2.12. The predicted molar refractivity (Wildman–Crippen MR) is 94.9 cm³/mol. The molecule has 3 rings (SSSR count). The first-order chi connectivity index (χ1) is 11.7. The second-order valence-corrected chi connectivity index (χ2v) is 5.49. The van der Waals surface area contributed by atoms with Crippen molar-refractivity contribution in [1.82, 2.24) is 9.97 Å². The Hall–Kier alpha value is -3.21. The predicted octanol–water partition coefficient (Wildman–Crippen LogP) is 3.65. The summed E-state index contributed by atoms with van der Waals surface area (Å²) in [4.78, 5) is 20.5. The number of aryl methyl sites for hydroxylation is 1. The monoisotopic (exact) mass is 318 g/mol. The standard InChI is InChI=1S/C19H18N4O/c1-14-2-4-17(5-3-14)23-19(24)16-10-18(13-21-12-16)22-11-15-6-8-20-9-7-15/h2-10,12-13,22H,11H2,1H3,(H,23,24). The number of nitrogens with one attached hydrogen (secondary N) is 2. The Morgan fingerprint density at radius 1 is 0.958 bits per heavy atom. The largest absolute Gasteiger partial charge is 0.380 e. The molecular formula is C19H18N4O. The number of aromatic nitrogens is 2. The fourth-order valence-corrected chi connectivity index (χ4v) is 2.21. The molecule has 2 heterocycles. The third kappa shape index (κ3) is 4.16. The zero-order valence-electron chi connectivity index (χ0n) is 13.4. The van der Waals surface area contributed by atoms with Gasteiger partial charge in [-0.25, -0.2) is 0 Å². The molecule has 1 aromatic carbocycles. The van der Waals surface area contributed by atoms with Crippen molar-refractivity contribution in [3.05, 3.63) is 83.9 Å². The minimum atomic E-state index is -0.182. The molecular weight excluding hydrogens is 300 g/mol. The second kappa shape index (κ2) is 7.37. The summed E-state index contributed by atoms with van der Waals surface area (Å²) in [5, 5.41) is 6.13. The molecule has 0 spiro atoms. The summed E-state index contributed by atoms with van der Waals surface area (Å²) in [6.45, 7) is 2.65. The van der Waals surface area contributed by atoms with Crippen LogP contribution in [0.1, 0.15) is 21.5 Å².